The maximum absolute atomic E-state index is 12.6. The Morgan fingerprint density at radius 3 is 2.24 bits per heavy atom. The Kier molecular flexibility index (Phi) is 10.4. The lowest BCUT2D eigenvalue weighted by Gasteiger charge is -2.32. The van der Waals surface area contributed by atoms with Gasteiger partial charge in [0.25, 0.3) is 0 Å². The van der Waals surface area contributed by atoms with Crippen molar-refractivity contribution in [3.63, 3.8) is 0 Å². The van der Waals surface area contributed by atoms with Crippen LogP contribution in [0.4, 0.5) is 5.69 Å². The Bertz CT molecular complexity index is 561. The number of nitrogens with zero attached hydrogens (tertiary/aromatic N) is 2. The molecule has 6 heteroatoms. The third-order valence-electron chi connectivity index (χ3n) is 3.94. The van der Waals surface area contributed by atoms with Crippen molar-refractivity contribution in [2.75, 3.05) is 25.5 Å². The first kappa shape index (κ1) is 23.4. The Labute approximate surface area is 158 Å². The number of nitrogens with two attached hydrogens (primary N) is 1. The van der Waals surface area contributed by atoms with Gasteiger partial charge in [-0.3, -0.25) is 14.5 Å². The van der Waals surface area contributed by atoms with Gasteiger partial charge in [-0.2, -0.15) is 0 Å². The van der Waals surface area contributed by atoms with E-state index in [4.69, 9.17) is 5.73 Å². The number of halogens is 1. The summed E-state index contributed by atoms with van der Waals surface area (Å²) in [6.45, 7) is 6.78. The van der Waals surface area contributed by atoms with Gasteiger partial charge in [0, 0.05) is 18.7 Å². The van der Waals surface area contributed by atoms with Crippen molar-refractivity contribution in [3.05, 3.63) is 29.8 Å². The lowest BCUT2D eigenvalue weighted by molar-refractivity contribution is -0.124. The summed E-state index contributed by atoms with van der Waals surface area (Å²) in [6, 6.07) is 7.17. The molecule has 0 aromatic heterocycles. The monoisotopic (exact) mass is 369 g/mol. The first-order valence-corrected chi connectivity index (χ1v) is 8.61. The molecule has 0 saturated carbocycles. The van der Waals surface area contributed by atoms with Crippen molar-refractivity contribution in [3.8, 4) is 0 Å². The van der Waals surface area contributed by atoms with Gasteiger partial charge in [0.1, 0.15) is 6.04 Å². The highest BCUT2D eigenvalue weighted by molar-refractivity contribution is 6.00. The molecule has 1 rings (SSSR count). The number of amides is 2. The molecule has 0 heterocycles. The number of primary amides is 1. The van der Waals surface area contributed by atoms with Crippen LogP contribution in [0, 0.1) is 5.92 Å². The van der Waals surface area contributed by atoms with Gasteiger partial charge < -0.3 is 10.6 Å². The van der Waals surface area contributed by atoms with Crippen molar-refractivity contribution in [2.45, 2.75) is 46.1 Å². The van der Waals surface area contributed by atoms with Gasteiger partial charge in [0.15, 0.2) is 0 Å². The van der Waals surface area contributed by atoms with E-state index in [1.165, 1.54) is 0 Å². The number of carbonyl (C=O) groups is 2. The van der Waals surface area contributed by atoms with Crippen LogP contribution in [-0.2, 0) is 16.0 Å². The number of anilines is 1. The summed E-state index contributed by atoms with van der Waals surface area (Å²) in [5.41, 5.74) is 7.53. The standard InChI is InChI=1S/C19H31N3O2.ClH/c1-6-18(23)22(17(19(20)24)11-12-21(4)5)16-10-8-7-9-15(16)13-14(2)3;/h7-10,14,17H,6,11-13H2,1-5H3,(H2,20,24);1H/t17-;/m1./s1. The molecule has 1 atom stereocenters. The molecule has 25 heavy (non-hydrogen) atoms. The molecule has 5 nitrogen and oxygen atoms in total. The largest absolute Gasteiger partial charge is 0.368 e. The minimum Gasteiger partial charge on any atom is -0.368 e. The zero-order valence-electron chi connectivity index (χ0n) is 16.0. The first-order valence-electron chi connectivity index (χ1n) is 8.61. The van der Waals surface area contributed by atoms with Gasteiger partial charge in [-0.15, -0.1) is 12.4 Å². The number of hydrogen-bond acceptors (Lipinski definition) is 3. The topological polar surface area (TPSA) is 66.6 Å². The fourth-order valence-corrected chi connectivity index (χ4v) is 2.78. The number of carbonyl (C=O) groups excluding carboxylic acids is 2. The molecule has 0 unspecified atom stereocenters. The number of benzene rings is 1. The van der Waals surface area contributed by atoms with Crippen LogP contribution in [0.2, 0.25) is 0 Å². The van der Waals surface area contributed by atoms with E-state index >= 15 is 0 Å². The van der Waals surface area contributed by atoms with Crippen LogP contribution in [0.15, 0.2) is 24.3 Å². The zero-order valence-corrected chi connectivity index (χ0v) is 16.8. The molecule has 2 N–H and O–H groups in total. The Balaban J connectivity index is 0.00000576. The molecule has 2 amide bonds. The Hall–Kier alpha value is -1.59. The van der Waals surface area contributed by atoms with Crippen molar-refractivity contribution >= 4 is 29.9 Å². The molecule has 1 aromatic rings. The smallest absolute Gasteiger partial charge is 0.240 e. The molecule has 142 valence electrons. The minimum absolute atomic E-state index is 0. The molecule has 0 bridgehead atoms. The fourth-order valence-electron chi connectivity index (χ4n) is 2.78. The van der Waals surface area contributed by atoms with E-state index in [1.54, 1.807) is 4.90 Å². The second-order valence-electron chi connectivity index (χ2n) is 6.85. The molecule has 0 aliphatic carbocycles. The van der Waals surface area contributed by atoms with Crippen LogP contribution in [0.3, 0.4) is 0 Å². The van der Waals surface area contributed by atoms with Crippen LogP contribution < -0.4 is 10.6 Å². The van der Waals surface area contributed by atoms with Crippen LogP contribution in [0.25, 0.3) is 0 Å². The Morgan fingerprint density at radius 1 is 1.16 bits per heavy atom. The summed E-state index contributed by atoms with van der Waals surface area (Å²) >= 11 is 0. The van der Waals surface area contributed by atoms with Crippen LogP contribution >= 0.6 is 12.4 Å². The highest BCUT2D eigenvalue weighted by Gasteiger charge is 2.30. The van der Waals surface area contributed by atoms with E-state index in [1.807, 2.05) is 50.2 Å². The predicted molar refractivity (Wildman–Crippen MR) is 106 cm³/mol. The third-order valence-corrected chi connectivity index (χ3v) is 3.94. The van der Waals surface area contributed by atoms with Gasteiger partial charge in [0.2, 0.25) is 11.8 Å². The van der Waals surface area contributed by atoms with E-state index in [2.05, 4.69) is 13.8 Å². The molecule has 0 aliphatic rings. The average molecular weight is 370 g/mol. The van der Waals surface area contributed by atoms with E-state index < -0.39 is 11.9 Å². The van der Waals surface area contributed by atoms with Crippen molar-refractivity contribution < 1.29 is 9.59 Å². The number of rotatable bonds is 9. The minimum atomic E-state index is -0.631. The highest BCUT2D eigenvalue weighted by atomic mass is 35.5. The number of para-hydroxylation sites is 1. The summed E-state index contributed by atoms with van der Waals surface area (Å²) in [6.07, 6.45) is 1.70. The molecule has 0 aliphatic heterocycles. The zero-order chi connectivity index (χ0) is 18.3. The molecular formula is C19H32ClN3O2. The van der Waals surface area contributed by atoms with E-state index in [9.17, 15) is 9.59 Å². The molecule has 1 aromatic carbocycles. The number of hydrogen-bond donors (Lipinski definition) is 1. The van der Waals surface area contributed by atoms with Gasteiger partial charge in [0.05, 0.1) is 0 Å². The van der Waals surface area contributed by atoms with Crippen molar-refractivity contribution in [2.24, 2.45) is 11.7 Å². The van der Waals surface area contributed by atoms with Gasteiger partial charge in [-0.1, -0.05) is 39.0 Å². The lowest BCUT2D eigenvalue weighted by atomic mass is 9.99. The average Bonchev–Trinajstić information content (AvgIpc) is 2.50. The molecule has 0 radical (unpaired) electrons. The van der Waals surface area contributed by atoms with Gasteiger partial charge in [-0.25, -0.2) is 0 Å². The first-order chi connectivity index (χ1) is 11.3. The quantitative estimate of drug-likeness (QED) is 0.727. The van der Waals surface area contributed by atoms with Gasteiger partial charge in [-0.05, 0) is 44.5 Å². The fraction of sp³-hybridized carbons (Fsp3) is 0.579. The van der Waals surface area contributed by atoms with Crippen LogP contribution in [-0.4, -0.2) is 43.4 Å². The molecule has 0 fully saturated rings. The van der Waals surface area contributed by atoms with Crippen LogP contribution in [0.5, 0.6) is 0 Å². The summed E-state index contributed by atoms with van der Waals surface area (Å²) in [7, 11) is 3.88. The predicted octanol–water partition coefficient (Wildman–Crippen LogP) is 2.86. The second-order valence-corrected chi connectivity index (χ2v) is 6.85. The van der Waals surface area contributed by atoms with Gasteiger partial charge >= 0.3 is 0 Å². The van der Waals surface area contributed by atoms with E-state index in [0.29, 0.717) is 25.3 Å². The SMILES string of the molecule is CCC(=O)N(c1ccccc1CC(C)C)[C@H](CCN(C)C)C(N)=O.Cl. The second kappa shape index (κ2) is 11.1. The highest BCUT2D eigenvalue weighted by Crippen LogP contribution is 2.27. The van der Waals surface area contributed by atoms with E-state index in [0.717, 1.165) is 17.7 Å². The normalized spacial score (nSPS) is 12.0. The van der Waals surface area contributed by atoms with E-state index in [-0.39, 0.29) is 18.3 Å². The maximum Gasteiger partial charge on any atom is 0.240 e. The molecule has 0 saturated heterocycles. The van der Waals surface area contributed by atoms with Crippen molar-refractivity contribution in [1.82, 2.24) is 4.90 Å². The van der Waals surface area contributed by atoms with Crippen LogP contribution in [0.1, 0.15) is 39.2 Å². The lowest BCUT2D eigenvalue weighted by Crippen LogP contribution is -2.49. The summed E-state index contributed by atoms with van der Waals surface area (Å²) in [4.78, 5) is 28.3. The molecule has 0 spiro atoms. The van der Waals surface area contributed by atoms with Crippen molar-refractivity contribution in [1.29, 1.82) is 0 Å². The Morgan fingerprint density at radius 2 is 1.76 bits per heavy atom. The molecular weight excluding hydrogens is 338 g/mol. The summed E-state index contributed by atoms with van der Waals surface area (Å²) < 4.78 is 0. The third kappa shape index (κ3) is 7.04. The maximum atomic E-state index is 12.6. The summed E-state index contributed by atoms with van der Waals surface area (Å²) in [5, 5.41) is 0. The summed E-state index contributed by atoms with van der Waals surface area (Å²) in [5.74, 6) is -0.0784.